The van der Waals surface area contributed by atoms with Gasteiger partial charge in [0.2, 0.25) is 0 Å². The zero-order valence-corrected chi connectivity index (χ0v) is 18.1. The number of rotatable bonds is 14. The van der Waals surface area contributed by atoms with E-state index in [0.717, 1.165) is 74.0 Å². The predicted molar refractivity (Wildman–Crippen MR) is 127 cm³/mol. The van der Waals surface area contributed by atoms with Crippen molar-refractivity contribution in [1.82, 2.24) is 0 Å². The fourth-order valence-corrected chi connectivity index (χ4v) is 3.86. The van der Waals surface area contributed by atoms with Gasteiger partial charge in [0.1, 0.15) is 11.5 Å². The number of thioether (sulfide) groups is 1. The predicted octanol–water partition coefficient (Wildman–Crippen LogP) is 7.07. The van der Waals surface area contributed by atoms with Gasteiger partial charge in [-0.2, -0.15) is 11.8 Å². The Morgan fingerprint density at radius 2 is 1.03 bits per heavy atom. The van der Waals surface area contributed by atoms with Gasteiger partial charge >= 0.3 is 0 Å². The molecule has 0 fully saturated rings. The van der Waals surface area contributed by atoms with Crippen LogP contribution in [0.4, 0.5) is 0 Å². The molecule has 2 rings (SSSR count). The molecule has 0 bridgehead atoms. The molecular weight excluding hydrogens is 376 g/mol. The molecule has 0 saturated heterocycles. The third-order valence-electron chi connectivity index (χ3n) is 4.88. The second kappa shape index (κ2) is 14.8. The number of hydrogen-bond donors (Lipinski definition) is 2. The minimum atomic E-state index is 0.419. The summed E-state index contributed by atoms with van der Waals surface area (Å²) in [6, 6.07) is 15.2. The molecule has 0 radical (unpaired) electrons. The molecule has 0 amide bonds. The Kier molecular flexibility index (Phi) is 11.8. The molecular formula is C26H34O2S. The number of phenols is 2. The highest BCUT2D eigenvalue weighted by Crippen LogP contribution is 2.19. The van der Waals surface area contributed by atoms with Gasteiger partial charge in [-0.3, -0.25) is 0 Å². The second-order valence-corrected chi connectivity index (χ2v) is 8.30. The number of aryl methyl sites for hydroxylation is 2. The van der Waals surface area contributed by atoms with Crippen LogP contribution in [0.1, 0.15) is 49.7 Å². The molecule has 156 valence electrons. The molecule has 3 heteroatoms. The Hall–Kier alpha value is -2.13. The van der Waals surface area contributed by atoms with Crippen LogP contribution in [0.25, 0.3) is 0 Å². The number of phenolic OH excluding ortho intramolecular Hbond substituents is 2. The molecule has 0 aliphatic carbocycles. The van der Waals surface area contributed by atoms with E-state index >= 15 is 0 Å². The van der Waals surface area contributed by atoms with Crippen LogP contribution in [-0.4, -0.2) is 21.7 Å². The maximum absolute atomic E-state index is 9.74. The number of hydrogen-bond acceptors (Lipinski definition) is 3. The van der Waals surface area contributed by atoms with Gasteiger partial charge in [-0.1, -0.05) is 60.7 Å². The second-order valence-electron chi connectivity index (χ2n) is 7.23. The molecule has 0 atom stereocenters. The lowest BCUT2D eigenvalue weighted by atomic mass is 10.1. The minimum absolute atomic E-state index is 0.419. The van der Waals surface area contributed by atoms with Crippen LogP contribution in [0, 0.1) is 0 Å². The molecule has 2 aromatic rings. The molecule has 0 spiro atoms. The average molecular weight is 411 g/mol. The first-order valence-corrected chi connectivity index (χ1v) is 11.8. The summed E-state index contributed by atoms with van der Waals surface area (Å²) < 4.78 is 0. The standard InChI is InChI=1S/C26H34O2S/c27-25-19-11-9-17-23(25)15-7-3-1-5-13-21-29-22-14-6-2-4-8-16-24-18-10-12-20-26(24)28/h5-6,9-14,17-20,27-28H,1-4,7-8,15-16,21-22H2/b13-5+,14-6+. The van der Waals surface area contributed by atoms with Crippen molar-refractivity contribution in [3.05, 3.63) is 84.0 Å². The highest BCUT2D eigenvalue weighted by Gasteiger charge is 1.99. The normalized spacial score (nSPS) is 11.6. The van der Waals surface area contributed by atoms with Crippen molar-refractivity contribution in [3.63, 3.8) is 0 Å². The molecule has 0 aliphatic heterocycles. The monoisotopic (exact) mass is 410 g/mol. The van der Waals surface area contributed by atoms with Gasteiger partial charge in [0.25, 0.3) is 0 Å². The van der Waals surface area contributed by atoms with E-state index in [-0.39, 0.29) is 0 Å². The van der Waals surface area contributed by atoms with Crippen LogP contribution in [-0.2, 0) is 12.8 Å². The number of allylic oxidation sites excluding steroid dienone is 2. The Balaban J connectivity index is 1.39. The third kappa shape index (κ3) is 10.3. The maximum atomic E-state index is 9.74. The number of benzene rings is 2. The van der Waals surface area contributed by atoms with Gasteiger partial charge in [-0.25, -0.2) is 0 Å². The average Bonchev–Trinajstić information content (AvgIpc) is 2.73. The number of unbranched alkanes of at least 4 members (excludes halogenated alkanes) is 4. The highest BCUT2D eigenvalue weighted by atomic mass is 32.2. The fraction of sp³-hybridized carbons (Fsp3) is 0.385. The summed E-state index contributed by atoms with van der Waals surface area (Å²) in [6.07, 6.45) is 17.8. The van der Waals surface area contributed by atoms with Gasteiger partial charge in [-0.15, -0.1) is 0 Å². The first-order chi connectivity index (χ1) is 14.3. The van der Waals surface area contributed by atoms with Gasteiger partial charge in [0.05, 0.1) is 0 Å². The van der Waals surface area contributed by atoms with Crippen molar-refractivity contribution >= 4 is 11.8 Å². The maximum Gasteiger partial charge on any atom is 0.118 e. The van der Waals surface area contributed by atoms with E-state index < -0.39 is 0 Å². The van der Waals surface area contributed by atoms with Crippen molar-refractivity contribution < 1.29 is 10.2 Å². The minimum Gasteiger partial charge on any atom is -0.508 e. The molecule has 0 aliphatic rings. The van der Waals surface area contributed by atoms with Crippen LogP contribution in [0.15, 0.2) is 72.8 Å². The summed E-state index contributed by atoms with van der Waals surface area (Å²) in [5.74, 6) is 2.97. The van der Waals surface area contributed by atoms with E-state index in [0.29, 0.717) is 11.5 Å². The Morgan fingerprint density at radius 1 is 0.586 bits per heavy atom. The van der Waals surface area contributed by atoms with Gasteiger partial charge in [-0.05, 0) is 74.6 Å². The summed E-state index contributed by atoms with van der Waals surface area (Å²) in [5.41, 5.74) is 2.11. The summed E-state index contributed by atoms with van der Waals surface area (Å²) in [4.78, 5) is 0. The molecule has 29 heavy (non-hydrogen) atoms. The third-order valence-corrected chi connectivity index (χ3v) is 5.73. The van der Waals surface area contributed by atoms with Crippen LogP contribution < -0.4 is 0 Å². The lowest BCUT2D eigenvalue weighted by Gasteiger charge is -2.03. The molecule has 2 aromatic carbocycles. The van der Waals surface area contributed by atoms with Crippen molar-refractivity contribution in [2.45, 2.75) is 51.4 Å². The number of aromatic hydroxyl groups is 2. The summed E-state index contributed by atoms with van der Waals surface area (Å²) in [5, 5.41) is 19.5. The van der Waals surface area contributed by atoms with Crippen LogP contribution in [0.2, 0.25) is 0 Å². The summed E-state index contributed by atoms with van der Waals surface area (Å²) in [7, 11) is 0. The molecule has 2 nitrogen and oxygen atoms in total. The van der Waals surface area contributed by atoms with E-state index in [2.05, 4.69) is 24.3 Å². The largest absolute Gasteiger partial charge is 0.508 e. The topological polar surface area (TPSA) is 40.5 Å². The molecule has 2 N–H and O–H groups in total. The quantitative estimate of drug-likeness (QED) is 0.258. The smallest absolute Gasteiger partial charge is 0.118 e. The fourth-order valence-electron chi connectivity index (χ4n) is 3.18. The van der Waals surface area contributed by atoms with Gasteiger partial charge in [0, 0.05) is 11.5 Å². The molecule has 0 heterocycles. The van der Waals surface area contributed by atoms with Crippen molar-refractivity contribution in [2.24, 2.45) is 0 Å². The van der Waals surface area contributed by atoms with Gasteiger partial charge in [0.15, 0.2) is 0 Å². The lowest BCUT2D eigenvalue weighted by Crippen LogP contribution is -1.86. The summed E-state index contributed by atoms with van der Waals surface area (Å²) in [6.45, 7) is 0. The highest BCUT2D eigenvalue weighted by molar-refractivity contribution is 7.99. The van der Waals surface area contributed by atoms with Gasteiger partial charge < -0.3 is 10.2 Å². The zero-order chi connectivity index (χ0) is 20.6. The van der Waals surface area contributed by atoms with Crippen LogP contribution >= 0.6 is 11.8 Å². The van der Waals surface area contributed by atoms with E-state index in [9.17, 15) is 10.2 Å². The first kappa shape index (κ1) is 23.2. The molecule has 0 saturated carbocycles. The van der Waals surface area contributed by atoms with E-state index in [1.165, 1.54) is 0 Å². The van der Waals surface area contributed by atoms with Crippen LogP contribution in [0.3, 0.4) is 0 Å². The van der Waals surface area contributed by atoms with Crippen molar-refractivity contribution in [2.75, 3.05) is 11.5 Å². The molecule has 0 aromatic heterocycles. The lowest BCUT2D eigenvalue weighted by molar-refractivity contribution is 0.466. The Bertz CT molecular complexity index is 688. The van der Waals surface area contributed by atoms with E-state index in [1.807, 2.05) is 48.2 Å². The van der Waals surface area contributed by atoms with E-state index in [1.54, 1.807) is 12.1 Å². The Morgan fingerprint density at radius 3 is 1.48 bits per heavy atom. The summed E-state index contributed by atoms with van der Waals surface area (Å²) >= 11 is 1.94. The van der Waals surface area contributed by atoms with Crippen LogP contribution in [0.5, 0.6) is 11.5 Å². The molecule has 0 unspecified atom stereocenters. The SMILES string of the molecule is Oc1ccccc1CCCC/C=C/CSC/C=C/CCCCc1ccccc1O. The zero-order valence-electron chi connectivity index (χ0n) is 17.3. The van der Waals surface area contributed by atoms with Crippen molar-refractivity contribution in [3.8, 4) is 11.5 Å². The van der Waals surface area contributed by atoms with E-state index in [4.69, 9.17) is 0 Å². The Labute approximate surface area is 180 Å². The first-order valence-electron chi connectivity index (χ1n) is 10.7. The van der Waals surface area contributed by atoms with Crippen molar-refractivity contribution in [1.29, 1.82) is 0 Å². The number of para-hydroxylation sites is 2.